The molecule has 2 aliphatic rings. The predicted octanol–water partition coefficient (Wildman–Crippen LogP) is 0.268. The largest absolute Gasteiger partial charge is 0.369 e. The van der Waals surface area contributed by atoms with E-state index in [0.717, 1.165) is 6.42 Å². The first kappa shape index (κ1) is 8.47. The van der Waals surface area contributed by atoms with Gasteiger partial charge in [-0.05, 0) is 11.1 Å². The van der Waals surface area contributed by atoms with E-state index in [1.54, 1.807) is 0 Å². The number of guanidine groups is 1. The topological polar surface area (TPSA) is 58.7 Å². The first-order valence-electron chi connectivity index (χ1n) is 4.97. The van der Waals surface area contributed by atoms with Crippen molar-refractivity contribution in [3.63, 3.8) is 0 Å². The van der Waals surface area contributed by atoms with Crippen molar-refractivity contribution in [1.82, 2.24) is 4.90 Å². The van der Waals surface area contributed by atoms with E-state index in [1.165, 1.54) is 11.1 Å². The molecule has 0 bridgehead atoms. The number of carbonyl (C=O) groups is 1. The van der Waals surface area contributed by atoms with E-state index in [1.807, 2.05) is 17.0 Å². The van der Waals surface area contributed by atoms with Crippen molar-refractivity contribution < 1.29 is 4.79 Å². The van der Waals surface area contributed by atoms with Crippen molar-refractivity contribution in [2.24, 2.45) is 10.7 Å². The van der Waals surface area contributed by atoms with Crippen LogP contribution in [0.15, 0.2) is 29.3 Å². The third-order valence-corrected chi connectivity index (χ3v) is 3.05. The summed E-state index contributed by atoms with van der Waals surface area (Å²) in [5.41, 5.74) is 8.16. The van der Waals surface area contributed by atoms with Gasteiger partial charge >= 0.3 is 0 Å². The van der Waals surface area contributed by atoms with Crippen LogP contribution < -0.4 is 5.73 Å². The number of amides is 1. The third kappa shape index (κ3) is 1.14. The molecular formula is C11H11N3O. The quantitative estimate of drug-likeness (QED) is 0.655. The summed E-state index contributed by atoms with van der Waals surface area (Å²) in [6.45, 7) is 0.696. The van der Waals surface area contributed by atoms with E-state index in [0.29, 0.717) is 12.5 Å². The Labute approximate surface area is 87.4 Å². The average Bonchev–Trinajstić information content (AvgIpc) is 2.52. The molecule has 1 aromatic rings. The Hall–Kier alpha value is -1.84. The molecule has 0 aromatic heterocycles. The van der Waals surface area contributed by atoms with Crippen molar-refractivity contribution in [1.29, 1.82) is 0 Å². The van der Waals surface area contributed by atoms with Crippen LogP contribution in [0.2, 0.25) is 0 Å². The lowest BCUT2D eigenvalue weighted by Crippen LogP contribution is -2.45. The summed E-state index contributed by atoms with van der Waals surface area (Å²) in [6.07, 6.45) is 0.721. The Morgan fingerprint density at radius 1 is 1.33 bits per heavy atom. The number of aliphatic imine (C=N–C) groups is 1. The summed E-state index contributed by atoms with van der Waals surface area (Å²) >= 11 is 0. The van der Waals surface area contributed by atoms with Gasteiger partial charge in [-0.3, -0.25) is 4.79 Å². The summed E-state index contributed by atoms with van der Waals surface area (Å²) in [6, 6.07) is 7.97. The van der Waals surface area contributed by atoms with Gasteiger partial charge in [0.15, 0.2) is 5.96 Å². The average molecular weight is 201 g/mol. The maximum Gasteiger partial charge on any atom is 0.272 e. The van der Waals surface area contributed by atoms with Gasteiger partial charge in [0.2, 0.25) is 0 Å². The number of hydrogen-bond acceptors (Lipinski definition) is 3. The molecule has 2 aliphatic heterocycles. The third-order valence-electron chi connectivity index (χ3n) is 3.05. The van der Waals surface area contributed by atoms with Gasteiger partial charge in [0.1, 0.15) is 6.04 Å². The number of hydrogen-bond donors (Lipinski definition) is 1. The molecule has 76 valence electrons. The maximum absolute atomic E-state index is 11.5. The molecule has 4 nitrogen and oxygen atoms in total. The monoisotopic (exact) mass is 201 g/mol. The molecular weight excluding hydrogens is 190 g/mol. The van der Waals surface area contributed by atoms with Gasteiger partial charge in [0.05, 0.1) is 0 Å². The second kappa shape index (κ2) is 2.82. The molecule has 3 rings (SSSR count). The minimum absolute atomic E-state index is 0.109. The van der Waals surface area contributed by atoms with Crippen molar-refractivity contribution >= 4 is 11.9 Å². The van der Waals surface area contributed by atoms with Crippen molar-refractivity contribution in [3.8, 4) is 0 Å². The van der Waals surface area contributed by atoms with Gasteiger partial charge in [-0.1, -0.05) is 24.3 Å². The number of nitrogens with two attached hydrogens (primary N) is 1. The van der Waals surface area contributed by atoms with E-state index in [4.69, 9.17) is 5.73 Å². The van der Waals surface area contributed by atoms with Gasteiger partial charge in [-0.2, -0.15) is 4.99 Å². The van der Waals surface area contributed by atoms with Crippen LogP contribution in [0.1, 0.15) is 11.1 Å². The highest BCUT2D eigenvalue weighted by Gasteiger charge is 2.37. The zero-order valence-electron chi connectivity index (χ0n) is 8.18. The Morgan fingerprint density at radius 3 is 2.87 bits per heavy atom. The lowest BCUT2D eigenvalue weighted by atomic mass is 9.95. The van der Waals surface area contributed by atoms with Gasteiger partial charge in [-0.25, -0.2) is 0 Å². The summed E-state index contributed by atoms with van der Waals surface area (Å²) in [4.78, 5) is 17.2. The minimum atomic E-state index is -0.167. The Kier molecular flexibility index (Phi) is 1.59. The Bertz CT molecular complexity index is 467. The van der Waals surface area contributed by atoms with Crippen molar-refractivity contribution in [2.45, 2.75) is 19.0 Å². The predicted molar refractivity (Wildman–Crippen MR) is 56.1 cm³/mol. The second-order valence-electron chi connectivity index (χ2n) is 3.92. The van der Waals surface area contributed by atoms with Crippen LogP contribution in [0.4, 0.5) is 0 Å². The normalized spacial score (nSPS) is 23.5. The molecule has 0 fully saturated rings. The van der Waals surface area contributed by atoms with Crippen LogP contribution in [0.25, 0.3) is 0 Å². The van der Waals surface area contributed by atoms with Gasteiger partial charge in [0.25, 0.3) is 5.91 Å². The second-order valence-corrected chi connectivity index (χ2v) is 3.92. The van der Waals surface area contributed by atoms with Gasteiger partial charge in [-0.15, -0.1) is 0 Å². The van der Waals surface area contributed by atoms with Crippen LogP contribution in [0, 0.1) is 0 Å². The van der Waals surface area contributed by atoms with Crippen LogP contribution in [-0.4, -0.2) is 22.8 Å². The van der Waals surface area contributed by atoms with E-state index in [9.17, 15) is 4.79 Å². The standard InChI is InChI=1S/C11H11N3O/c12-11-13-10(15)9-5-7-3-1-2-4-8(7)6-14(9)11/h1-4,9H,5-6H2,(H2,12,13,15). The molecule has 1 atom stereocenters. The fraction of sp³-hybridized carbons (Fsp3) is 0.273. The van der Waals surface area contributed by atoms with Crippen molar-refractivity contribution in [2.75, 3.05) is 0 Å². The highest BCUT2D eigenvalue weighted by Crippen LogP contribution is 2.26. The number of carbonyl (C=O) groups excluding carboxylic acids is 1. The number of rotatable bonds is 0. The van der Waals surface area contributed by atoms with E-state index in [-0.39, 0.29) is 11.9 Å². The number of benzene rings is 1. The van der Waals surface area contributed by atoms with E-state index in [2.05, 4.69) is 17.1 Å². The van der Waals surface area contributed by atoms with Crippen LogP contribution in [-0.2, 0) is 17.8 Å². The zero-order chi connectivity index (χ0) is 10.4. The van der Waals surface area contributed by atoms with Gasteiger partial charge < -0.3 is 10.6 Å². The molecule has 0 saturated carbocycles. The first-order chi connectivity index (χ1) is 7.25. The molecule has 0 saturated heterocycles. The molecule has 1 amide bonds. The lowest BCUT2D eigenvalue weighted by Gasteiger charge is -2.31. The molecule has 4 heteroatoms. The molecule has 0 radical (unpaired) electrons. The molecule has 2 heterocycles. The fourth-order valence-corrected chi connectivity index (χ4v) is 2.24. The number of fused-ring (bicyclic) bond motifs is 2. The minimum Gasteiger partial charge on any atom is -0.369 e. The zero-order valence-corrected chi connectivity index (χ0v) is 8.18. The smallest absolute Gasteiger partial charge is 0.272 e. The summed E-state index contributed by atoms with van der Waals surface area (Å²) in [7, 11) is 0. The Balaban J connectivity index is 2.03. The highest BCUT2D eigenvalue weighted by molar-refractivity contribution is 6.02. The maximum atomic E-state index is 11.5. The SMILES string of the molecule is NC1=NC(=O)C2Cc3ccccc3CN12. The molecule has 2 N–H and O–H groups in total. The highest BCUT2D eigenvalue weighted by atomic mass is 16.2. The van der Waals surface area contributed by atoms with E-state index >= 15 is 0 Å². The van der Waals surface area contributed by atoms with E-state index < -0.39 is 0 Å². The summed E-state index contributed by atoms with van der Waals surface area (Å²) in [5.74, 6) is 0.251. The molecule has 15 heavy (non-hydrogen) atoms. The summed E-state index contributed by atoms with van der Waals surface area (Å²) < 4.78 is 0. The lowest BCUT2D eigenvalue weighted by molar-refractivity contribution is -0.120. The number of nitrogens with zero attached hydrogens (tertiary/aromatic N) is 2. The molecule has 0 aliphatic carbocycles. The van der Waals surface area contributed by atoms with Crippen LogP contribution in [0.5, 0.6) is 0 Å². The molecule has 1 aromatic carbocycles. The molecule has 1 unspecified atom stereocenters. The molecule has 0 spiro atoms. The summed E-state index contributed by atoms with van der Waals surface area (Å²) in [5, 5.41) is 0. The van der Waals surface area contributed by atoms with Crippen LogP contribution >= 0.6 is 0 Å². The first-order valence-corrected chi connectivity index (χ1v) is 4.97. The van der Waals surface area contributed by atoms with Gasteiger partial charge in [0, 0.05) is 13.0 Å². The fourth-order valence-electron chi connectivity index (χ4n) is 2.24. The van der Waals surface area contributed by atoms with Crippen molar-refractivity contribution in [3.05, 3.63) is 35.4 Å². The van der Waals surface area contributed by atoms with Crippen LogP contribution in [0.3, 0.4) is 0 Å². The Morgan fingerprint density at radius 2 is 2.07 bits per heavy atom.